The van der Waals surface area contributed by atoms with Crippen molar-refractivity contribution in [2.45, 2.75) is 19.6 Å². The first-order chi connectivity index (χ1) is 17.8. The molecule has 0 radical (unpaired) electrons. The van der Waals surface area contributed by atoms with Crippen LogP contribution in [0.4, 0.5) is 19.7 Å². The normalized spacial score (nSPS) is 22.2. The summed E-state index contributed by atoms with van der Waals surface area (Å²) in [5.41, 5.74) is 8.29. The predicted molar refractivity (Wildman–Crippen MR) is 137 cm³/mol. The summed E-state index contributed by atoms with van der Waals surface area (Å²) in [6.45, 7) is 3.14. The number of pyridine rings is 1. The van der Waals surface area contributed by atoms with E-state index in [9.17, 15) is 9.65 Å². The Kier molecular flexibility index (Phi) is 4.77. The minimum Gasteiger partial charge on any atom is -0.389 e. The zero-order valence-electron chi connectivity index (χ0n) is 20.3. The zero-order valence-corrected chi connectivity index (χ0v) is 21.1. The molecular weight excluding hydrogens is 496 g/mol. The van der Waals surface area contributed by atoms with Gasteiger partial charge in [0.05, 0.1) is 35.4 Å². The number of rotatable bonds is 4. The fraction of sp³-hybridized carbons (Fsp3) is 0.385. The molecule has 7 rings (SSSR count). The van der Waals surface area contributed by atoms with Crippen LogP contribution in [0.25, 0.3) is 32.2 Å². The maximum absolute atomic E-state index is 16.5. The molecule has 0 amide bonds. The fourth-order valence-electron chi connectivity index (χ4n) is 6.31. The second kappa shape index (κ2) is 7.77. The van der Waals surface area contributed by atoms with E-state index in [1.165, 1.54) is 6.42 Å². The topological polar surface area (TPSA) is 104 Å². The molecule has 2 fully saturated rings. The van der Waals surface area contributed by atoms with Gasteiger partial charge in [0.15, 0.2) is 11.6 Å². The molecule has 1 saturated heterocycles. The fourth-order valence-corrected chi connectivity index (χ4v) is 7.23. The predicted octanol–water partition coefficient (Wildman–Crippen LogP) is 4.06. The third-order valence-corrected chi connectivity index (χ3v) is 8.98. The summed E-state index contributed by atoms with van der Waals surface area (Å²) in [5.74, 6) is -0.0938. The Morgan fingerprint density at radius 2 is 2.08 bits per heavy atom. The monoisotopic (exact) mass is 519 g/mol. The number of nitriles is 1. The number of aromatic nitrogens is 3. The van der Waals surface area contributed by atoms with Crippen molar-refractivity contribution in [2.24, 2.45) is 11.3 Å². The first-order valence-electron chi connectivity index (χ1n) is 12.1. The Hall–Kier alpha value is -3.46. The van der Waals surface area contributed by atoms with Crippen LogP contribution in [-0.4, -0.2) is 53.6 Å². The van der Waals surface area contributed by atoms with Crippen molar-refractivity contribution in [3.8, 4) is 17.3 Å². The number of piperidine rings is 1. The lowest BCUT2D eigenvalue weighted by Gasteiger charge is -2.23. The van der Waals surface area contributed by atoms with Crippen molar-refractivity contribution in [1.29, 1.82) is 5.26 Å². The molecule has 3 aliphatic rings. The lowest BCUT2D eigenvalue weighted by atomic mass is 9.94. The molecule has 3 aromatic heterocycles. The minimum absolute atomic E-state index is 0.0972. The lowest BCUT2D eigenvalue weighted by molar-refractivity contribution is 0.135. The number of halogens is 2. The highest BCUT2D eigenvalue weighted by molar-refractivity contribution is 7.23. The molecule has 2 atom stereocenters. The first kappa shape index (κ1) is 22.7. The number of nitrogens with zero attached hydrogens (tertiary/aromatic N) is 6. The summed E-state index contributed by atoms with van der Waals surface area (Å²) < 4.78 is 37.0. The highest BCUT2D eigenvalue weighted by Gasteiger charge is 2.60. The molecule has 188 valence electrons. The summed E-state index contributed by atoms with van der Waals surface area (Å²) in [7, 11) is 4.16. The molecule has 8 nitrogen and oxygen atoms in total. The second-order valence-corrected chi connectivity index (χ2v) is 11.6. The summed E-state index contributed by atoms with van der Waals surface area (Å²) in [4.78, 5) is 18.0. The number of ether oxygens (including phenoxy) is 1. The summed E-state index contributed by atoms with van der Waals surface area (Å²) in [6, 6.07) is 2.04. The third kappa shape index (κ3) is 3.19. The van der Waals surface area contributed by atoms with Gasteiger partial charge in [0, 0.05) is 47.6 Å². The molecule has 2 aliphatic heterocycles. The molecular formula is C26H23F2N7OS. The SMILES string of the molecule is CN(C)CC12CC1CN(c1ncc3c4c(c(-c5ncc(F)c6sc(N)c(C#N)c56)c(F)c3n1)COC4)C2. The van der Waals surface area contributed by atoms with Crippen LogP contribution in [0.2, 0.25) is 0 Å². The van der Waals surface area contributed by atoms with E-state index in [0.29, 0.717) is 22.8 Å². The van der Waals surface area contributed by atoms with Crippen LogP contribution in [0.15, 0.2) is 12.4 Å². The van der Waals surface area contributed by atoms with Crippen LogP contribution in [-0.2, 0) is 18.0 Å². The van der Waals surface area contributed by atoms with Gasteiger partial charge in [-0.2, -0.15) is 5.26 Å². The molecule has 2 N–H and O–H groups in total. The number of nitrogens with two attached hydrogens (primary N) is 1. The van der Waals surface area contributed by atoms with Crippen LogP contribution < -0.4 is 10.6 Å². The van der Waals surface area contributed by atoms with Crippen LogP contribution in [0.1, 0.15) is 23.1 Å². The maximum atomic E-state index is 16.5. The zero-order chi connectivity index (χ0) is 25.6. The third-order valence-electron chi connectivity index (χ3n) is 7.95. The second-order valence-electron chi connectivity index (χ2n) is 10.6. The van der Waals surface area contributed by atoms with E-state index in [1.807, 2.05) is 6.07 Å². The van der Waals surface area contributed by atoms with Crippen molar-refractivity contribution in [3.05, 3.63) is 40.7 Å². The van der Waals surface area contributed by atoms with Crippen LogP contribution in [0.5, 0.6) is 0 Å². The minimum atomic E-state index is -0.602. The van der Waals surface area contributed by atoms with Gasteiger partial charge in [0.1, 0.15) is 16.6 Å². The van der Waals surface area contributed by atoms with Crippen molar-refractivity contribution < 1.29 is 13.5 Å². The molecule has 11 heteroatoms. The molecule has 4 aromatic rings. The van der Waals surface area contributed by atoms with E-state index in [1.54, 1.807) is 6.20 Å². The highest BCUT2D eigenvalue weighted by Crippen LogP contribution is 2.58. The molecule has 37 heavy (non-hydrogen) atoms. The number of nitrogen functional groups attached to an aromatic ring is 1. The van der Waals surface area contributed by atoms with Gasteiger partial charge < -0.3 is 20.3 Å². The average Bonchev–Trinajstić information content (AvgIpc) is 3.23. The summed E-state index contributed by atoms with van der Waals surface area (Å²) in [5, 5.41) is 10.7. The summed E-state index contributed by atoms with van der Waals surface area (Å²) >= 11 is 0.960. The van der Waals surface area contributed by atoms with Gasteiger partial charge in [-0.25, -0.2) is 18.7 Å². The smallest absolute Gasteiger partial charge is 0.226 e. The van der Waals surface area contributed by atoms with Gasteiger partial charge in [-0.05, 0) is 37.6 Å². The van der Waals surface area contributed by atoms with Gasteiger partial charge in [-0.15, -0.1) is 11.3 Å². The van der Waals surface area contributed by atoms with Gasteiger partial charge in [0.2, 0.25) is 5.95 Å². The largest absolute Gasteiger partial charge is 0.389 e. The van der Waals surface area contributed by atoms with E-state index >= 15 is 4.39 Å². The molecule has 0 spiro atoms. The molecule has 2 unspecified atom stereocenters. The van der Waals surface area contributed by atoms with E-state index in [-0.39, 0.29) is 56.1 Å². The van der Waals surface area contributed by atoms with Crippen LogP contribution in [0, 0.1) is 34.3 Å². The average molecular weight is 520 g/mol. The lowest BCUT2D eigenvalue weighted by Crippen LogP contribution is -2.31. The van der Waals surface area contributed by atoms with Crippen molar-refractivity contribution >= 4 is 43.3 Å². The van der Waals surface area contributed by atoms with Crippen LogP contribution in [0.3, 0.4) is 0 Å². The molecule has 1 aromatic carbocycles. The van der Waals surface area contributed by atoms with E-state index in [2.05, 4.69) is 33.9 Å². The number of fused-ring (bicyclic) bond motifs is 5. The number of hydrogen-bond donors (Lipinski definition) is 1. The van der Waals surface area contributed by atoms with Crippen molar-refractivity contribution in [1.82, 2.24) is 19.9 Å². The number of thiophene rings is 1. The maximum Gasteiger partial charge on any atom is 0.226 e. The Bertz CT molecular complexity index is 1680. The quantitative estimate of drug-likeness (QED) is 0.431. The van der Waals surface area contributed by atoms with Gasteiger partial charge in [-0.1, -0.05) is 0 Å². The van der Waals surface area contributed by atoms with Crippen molar-refractivity contribution in [3.63, 3.8) is 0 Å². The first-order valence-corrected chi connectivity index (χ1v) is 12.9. The molecule has 1 aliphatic carbocycles. The van der Waals surface area contributed by atoms with E-state index in [4.69, 9.17) is 15.5 Å². The molecule has 1 saturated carbocycles. The van der Waals surface area contributed by atoms with E-state index in [0.717, 1.165) is 42.7 Å². The Morgan fingerprint density at radius 3 is 2.86 bits per heavy atom. The Balaban J connectivity index is 1.42. The number of anilines is 2. The highest BCUT2D eigenvalue weighted by atomic mass is 32.1. The van der Waals surface area contributed by atoms with Crippen molar-refractivity contribution in [2.75, 3.05) is 44.4 Å². The summed E-state index contributed by atoms with van der Waals surface area (Å²) in [6.07, 6.45) is 3.92. The number of hydrogen-bond acceptors (Lipinski definition) is 9. The Labute approximate surface area is 215 Å². The molecule has 0 bridgehead atoms. The van der Waals surface area contributed by atoms with Crippen LogP contribution >= 0.6 is 11.3 Å². The van der Waals surface area contributed by atoms with Gasteiger partial charge >= 0.3 is 0 Å². The molecule has 5 heterocycles. The standard InChI is InChI=1S/C26H23F2N7OS/c1-34(2)10-26-3-12(26)7-35(11-26)25-32-5-14-15-8-36-9-16(15)18(20(28)21(14)33-25)22-19-13(4-29)24(30)37-23(19)17(27)6-31-22/h5-6,12H,3,7-11,30H2,1-2H3. The van der Waals surface area contributed by atoms with Gasteiger partial charge in [0.25, 0.3) is 0 Å². The van der Waals surface area contributed by atoms with Gasteiger partial charge in [-0.3, -0.25) is 4.98 Å². The Morgan fingerprint density at radius 1 is 1.27 bits per heavy atom. The number of benzene rings is 1. The van der Waals surface area contributed by atoms with E-state index < -0.39 is 11.6 Å².